The second-order valence-corrected chi connectivity index (χ2v) is 4.69. The van der Waals surface area contributed by atoms with E-state index < -0.39 is 17.8 Å². The van der Waals surface area contributed by atoms with Crippen molar-refractivity contribution in [1.29, 1.82) is 0 Å². The Morgan fingerprint density at radius 3 is 2.78 bits per heavy atom. The van der Waals surface area contributed by atoms with Gasteiger partial charge in [-0.3, -0.25) is 4.79 Å². The first-order valence-electron chi connectivity index (χ1n) is 5.93. The molecular formula is C13H17FN2O2. The van der Waals surface area contributed by atoms with Gasteiger partial charge in [0.05, 0.1) is 17.7 Å². The molecule has 98 valence electrons. The largest absolute Gasteiger partial charge is 0.390 e. The van der Waals surface area contributed by atoms with Crippen LogP contribution in [0.5, 0.6) is 0 Å². The first kappa shape index (κ1) is 13.0. The molecule has 1 aliphatic rings. The Bertz CT molecular complexity index is 464. The van der Waals surface area contributed by atoms with E-state index in [2.05, 4.69) is 5.32 Å². The molecule has 2 rings (SSSR count). The molecule has 1 fully saturated rings. The summed E-state index contributed by atoms with van der Waals surface area (Å²) in [7, 11) is 1.59. The predicted octanol–water partition coefficient (Wildman–Crippen LogP) is 0.539. The number of carbonyl (C=O) groups is 1. The minimum absolute atomic E-state index is 0.0437. The molecule has 2 atom stereocenters. The fourth-order valence-electron chi connectivity index (χ4n) is 2.18. The van der Waals surface area contributed by atoms with Crippen molar-refractivity contribution in [3.63, 3.8) is 0 Å². The van der Waals surface area contributed by atoms with Crippen LogP contribution in [-0.4, -0.2) is 48.2 Å². The minimum Gasteiger partial charge on any atom is -0.390 e. The summed E-state index contributed by atoms with van der Waals surface area (Å²) in [4.78, 5) is 13.6. The molecule has 1 amide bonds. The fourth-order valence-corrected chi connectivity index (χ4v) is 2.18. The van der Waals surface area contributed by atoms with Crippen molar-refractivity contribution >= 4 is 5.91 Å². The number of β-amino-alcohol motifs (C(OH)–C–C–N with tert-alkyl or cyclic N) is 1. The van der Waals surface area contributed by atoms with Crippen molar-refractivity contribution in [1.82, 2.24) is 10.2 Å². The Hall–Kier alpha value is -1.46. The van der Waals surface area contributed by atoms with Crippen molar-refractivity contribution < 1.29 is 14.3 Å². The highest BCUT2D eigenvalue weighted by Crippen LogP contribution is 2.15. The Morgan fingerprint density at radius 2 is 2.22 bits per heavy atom. The zero-order valence-electron chi connectivity index (χ0n) is 10.5. The number of amides is 1. The molecule has 1 aromatic rings. The summed E-state index contributed by atoms with van der Waals surface area (Å²) in [5.41, 5.74) is 0.816. The van der Waals surface area contributed by atoms with Crippen LogP contribution in [0.4, 0.5) is 4.39 Å². The smallest absolute Gasteiger partial charge is 0.256 e. The molecular weight excluding hydrogens is 235 g/mol. The second kappa shape index (κ2) is 5.04. The predicted molar refractivity (Wildman–Crippen MR) is 65.9 cm³/mol. The van der Waals surface area contributed by atoms with E-state index in [-0.39, 0.29) is 11.6 Å². The summed E-state index contributed by atoms with van der Waals surface area (Å²) in [6.07, 6.45) is -0.604. The SMILES string of the molecule is Cc1ccc(C(=O)N(C)[C@H]2CNC[C@@H]2O)c(F)c1. The number of nitrogens with zero attached hydrogens (tertiary/aromatic N) is 1. The van der Waals surface area contributed by atoms with Gasteiger partial charge in [0.1, 0.15) is 5.82 Å². The van der Waals surface area contributed by atoms with Crippen molar-refractivity contribution in [3.05, 3.63) is 35.1 Å². The highest BCUT2D eigenvalue weighted by Gasteiger charge is 2.32. The third-order valence-electron chi connectivity index (χ3n) is 3.32. The number of hydrogen-bond acceptors (Lipinski definition) is 3. The quantitative estimate of drug-likeness (QED) is 0.807. The Morgan fingerprint density at radius 1 is 1.50 bits per heavy atom. The summed E-state index contributed by atoms with van der Waals surface area (Å²) in [6.45, 7) is 2.75. The second-order valence-electron chi connectivity index (χ2n) is 4.69. The molecule has 0 unspecified atom stereocenters. The lowest BCUT2D eigenvalue weighted by Crippen LogP contribution is -2.44. The van der Waals surface area contributed by atoms with E-state index in [9.17, 15) is 14.3 Å². The monoisotopic (exact) mass is 252 g/mol. The number of aliphatic hydroxyl groups is 1. The van der Waals surface area contributed by atoms with Gasteiger partial charge in [0.15, 0.2) is 0 Å². The summed E-state index contributed by atoms with van der Waals surface area (Å²) in [5.74, 6) is -0.924. The van der Waals surface area contributed by atoms with Crippen LogP contribution in [0.1, 0.15) is 15.9 Å². The molecule has 1 saturated heterocycles. The molecule has 1 aromatic carbocycles. The van der Waals surface area contributed by atoms with Gasteiger partial charge in [0, 0.05) is 20.1 Å². The van der Waals surface area contributed by atoms with E-state index in [1.165, 1.54) is 17.0 Å². The van der Waals surface area contributed by atoms with Gasteiger partial charge in [-0.15, -0.1) is 0 Å². The maximum Gasteiger partial charge on any atom is 0.256 e. The highest BCUT2D eigenvalue weighted by molar-refractivity contribution is 5.94. The van der Waals surface area contributed by atoms with Crippen molar-refractivity contribution in [3.8, 4) is 0 Å². The number of carbonyl (C=O) groups excluding carboxylic acids is 1. The van der Waals surface area contributed by atoms with Gasteiger partial charge in [-0.05, 0) is 24.6 Å². The lowest BCUT2D eigenvalue weighted by molar-refractivity contribution is 0.0577. The van der Waals surface area contributed by atoms with Crippen molar-refractivity contribution in [2.45, 2.75) is 19.1 Å². The Balaban J connectivity index is 2.20. The number of hydrogen-bond donors (Lipinski definition) is 2. The third kappa shape index (κ3) is 2.37. The van der Waals surface area contributed by atoms with Gasteiger partial charge in [0.25, 0.3) is 5.91 Å². The molecule has 1 aliphatic heterocycles. The number of benzene rings is 1. The van der Waals surface area contributed by atoms with Crippen molar-refractivity contribution in [2.75, 3.05) is 20.1 Å². The number of rotatable bonds is 2. The number of nitrogens with one attached hydrogen (secondary N) is 1. The zero-order chi connectivity index (χ0) is 13.3. The Labute approximate surface area is 105 Å². The minimum atomic E-state index is -0.604. The first-order valence-corrected chi connectivity index (χ1v) is 5.93. The van der Waals surface area contributed by atoms with Gasteiger partial charge in [0.2, 0.25) is 0 Å². The normalized spacial score (nSPS) is 23.1. The standard InChI is InChI=1S/C13H17FN2O2/c1-8-3-4-9(10(14)5-8)13(18)16(2)11-6-15-7-12(11)17/h3-5,11-12,15,17H,6-7H2,1-2H3/t11-,12-/m0/s1. The van der Waals surface area contributed by atoms with Gasteiger partial charge < -0.3 is 15.3 Å². The van der Waals surface area contributed by atoms with Crippen LogP contribution in [0.3, 0.4) is 0 Å². The van der Waals surface area contributed by atoms with Gasteiger partial charge in [-0.1, -0.05) is 6.07 Å². The fraction of sp³-hybridized carbons (Fsp3) is 0.462. The molecule has 0 saturated carbocycles. The number of halogens is 1. The highest BCUT2D eigenvalue weighted by atomic mass is 19.1. The molecule has 0 aromatic heterocycles. The lowest BCUT2D eigenvalue weighted by atomic mass is 10.1. The maximum atomic E-state index is 13.7. The summed E-state index contributed by atoms with van der Waals surface area (Å²) in [5, 5.41) is 12.7. The molecule has 0 spiro atoms. The Kier molecular flexibility index (Phi) is 3.63. The molecule has 18 heavy (non-hydrogen) atoms. The van der Waals surface area contributed by atoms with E-state index in [0.29, 0.717) is 13.1 Å². The van der Waals surface area contributed by atoms with Crippen LogP contribution >= 0.6 is 0 Å². The maximum absolute atomic E-state index is 13.7. The summed E-state index contributed by atoms with van der Waals surface area (Å²) >= 11 is 0. The summed E-state index contributed by atoms with van der Waals surface area (Å²) < 4.78 is 13.7. The number of aliphatic hydroxyl groups excluding tert-OH is 1. The average molecular weight is 252 g/mol. The number of likely N-dealkylation sites (N-methyl/N-ethyl adjacent to an activating group) is 1. The van der Waals surface area contributed by atoms with E-state index in [4.69, 9.17) is 0 Å². The van der Waals surface area contributed by atoms with E-state index in [1.807, 2.05) is 0 Å². The molecule has 0 bridgehead atoms. The van der Waals surface area contributed by atoms with Crippen LogP contribution < -0.4 is 5.32 Å². The van der Waals surface area contributed by atoms with E-state index >= 15 is 0 Å². The van der Waals surface area contributed by atoms with E-state index in [1.54, 1.807) is 20.0 Å². The molecule has 0 radical (unpaired) electrons. The zero-order valence-corrected chi connectivity index (χ0v) is 10.5. The molecule has 4 nitrogen and oxygen atoms in total. The first-order chi connectivity index (χ1) is 8.50. The molecule has 5 heteroatoms. The van der Waals surface area contributed by atoms with Gasteiger partial charge in [-0.2, -0.15) is 0 Å². The van der Waals surface area contributed by atoms with Crippen LogP contribution in [-0.2, 0) is 0 Å². The third-order valence-corrected chi connectivity index (χ3v) is 3.32. The van der Waals surface area contributed by atoms with Gasteiger partial charge >= 0.3 is 0 Å². The van der Waals surface area contributed by atoms with Crippen LogP contribution in [0.15, 0.2) is 18.2 Å². The summed E-state index contributed by atoms with van der Waals surface area (Å²) in [6, 6.07) is 4.22. The van der Waals surface area contributed by atoms with Crippen LogP contribution in [0.2, 0.25) is 0 Å². The molecule has 0 aliphatic carbocycles. The lowest BCUT2D eigenvalue weighted by Gasteiger charge is -2.26. The van der Waals surface area contributed by atoms with Crippen LogP contribution in [0, 0.1) is 12.7 Å². The van der Waals surface area contributed by atoms with E-state index in [0.717, 1.165) is 5.56 Å². The number of aryl methyl sites for hydroxylation is 1. The van der Waals surface area contributed by atoms with Crippen LogP contribution in [0.25, 0.3) is 0 Å². The molecule has 1 heterocycles. The van der Waals surface area contributed by atoms with Gasteiger partial charge in [-0.25, -0.2) is 4.39 Å². The van der Waals surface area contributed by atoms with Crippen molar-refractivity contribution in [2.24, 2.45) is 0 Å². The molecule has 2 N–H and O–H groups in total. The average Bonchev–Trinajstić information content (AvgIpc) is 2.74. The topological polar surface area (TPSA) is 52.6 Å².